The van der Waals surface area contributed by atoms with Crippen molar-refractivity contribution in [1.82, 2.24) is 4.90 Å². The van der Waals surface area contributed by atoms with E-state index in [1.807, 2.05) is 14.2 Å². The van der Waals surface area contributed by atoms with Crippen LogP contribution in [-0.2, 0) is 14.2 Å². The summed E-state index contributed by atoms with van der Waals surface area (Å²) in [7, 11) is 5.48. The minimum absolute atomic E-state index is 0.000283. The molecule has 0 aromatic carbocycles. The molecule has 170 valence electrons. The maximum absolute atomic E-state index is 12.4. The molecule has 1 heterocycles. The maximum atomic E-state index is 12.4. The summed E-state index contributed by atoms with van der Waals surface area (Å²) >= 11 is 0. The summed E-state index contributed by atoms with van der Waals surface area (Å²) in [6, 6.07) is 0.329. The molecule has 5 saturated carbocycles. The Morgan fingerprint density at radius 2 is 1.90 bits per heavy atom. The fourth-order valence-corrected chi connectivity index (χ4v) is 10.7. The molecule has 6 fully saturated rings. The van der Waals surface area contributed by atoms with Crippen LogP contribution in [0.2, 0.25) is 0 Å². The highest BCUT2D eigenvalue weighted by Gasteiger charge is 2.83. The Labute approximate surface area is 180 Å². The molecule has 5 aliphatic carbocycles. The smallest absolute Gasteiger partial charge is 0.0771 e. The monoisotopic (exact) mass is 421 g/mol. The van der Waals surface area contributed by atoms with Crippen LogP contribution in [0.15, 0.2) is 0 Å². The van der Waals surface area contributed by atoms with Crippen molar-refractivity contribution >= 4 is 0 Å². The lowest BCUT2D eigenvalue weighted by Crippen LogP contribution is -2.76. The highest BCUT2D eigenvalue weighted by molar-refractivity contribution is 5.33. The van der Waals surface area contributed by atoms with Crippen LogP contribution in [0.4, 0.5) is 0 Å². The summed E-state index contributed by atoms with van der Waals surface area (Å²) in [4.78, 5) is 2.67. The minimum Gasteiger partial charge on any atom is -0.392 e. The van der Waals surface area contributed by atoms with Crippen LogP contribution < -0.4 is 0 Å². The van der Waals surface area contributed by atoms with Crippen molar-refractivity contribution in [2.45, 2.75) is 69.0 Å². The zero-order valence-electron chi connectivity index (χ0n) is 18.9. The third-order valence-corrected chi connectivity index (χ3v) is 11.2. The van der Waals surface area contributed by atoms with E-state index in [1.165, 1.54) is 0 Å². The lowest BCUT2D eigenvalue weighted by Gasteiger charge is -2.69. The molecule has 1 aliphatic heterocycles. The number of fused-ring (bicyclic) bond motifs is 2. The lowest BCUT2D eigenvalue weighted by molar-refractivity contribution is -0.276. The molecule has 7 bridgehead atoms. The van der Waals surface area contributed by atoms with Crippen LogP contribution in [0.3, 0.4) is 0 Å². The van der Waals surface area contributed by atoms with E-state index >= 15 is 0 Å². The van der Waals surface area contributed by atoms with E-state index < -0.39 is 11.7 Å². The lowest BCUT2D eigenvalue weighted by atomic mass is 9.43. The molecule has 0 amide bonds. The van der Waals surface area contributed by atoms with E-state index in [0.717, 1.165) is 45.4 Å². The number of likely N-dealkylation sites (tertiary alicyclic amines) is 1. The second-order valence-electron chi connectivity index (χ2n) is 11.5. The van der Waals surface area contributed by atoms with Crippen molar-refractivity contribution in [2.75, 3.05) is 41.0 Å². The van der Waals surface area contributed by atoms with Gasteiger partial charge in [-0.25, -0.2) is 0 Å². The summed E-state index contributed by atoms with van der Waals surface area (Å²) < 4.78 is 18.0. The van der Waals surface area contributed by atoms with Crippen LogP contribution in [0.25, 0.3) is 0 Å². The topological polar surface area (TPSA) is 71.4 Å². The van der Waals surface area contributed by atoms with Crippen LogP contribution in [0.5, 0.6) is 0 Å². The van der Waals surface area contributed by atoms with Crippen molar-refractivity contribution in [3.63, 3.8) is 0 Å². The molecule has 1 spiro atoms. The highest BCUT2D eigenvalue weighted by atomic mass is 16.5. The van der Waals surface area contributed by atoms with Gasteiger partial charge in [-0.3, -0.25) is 4.90 Å². The molecule has 6 aliphatic rings. The normalized spacial score (nSPS) is 60.8. The van der Waals surface area contributed by atoms with Gasteiger partial charge >= 0.3 is 0 Å². The molecule has 0 aromatic heterocycles. The van der Waals surface area contributed by atoms with Gasteiger partial charge < -0.3 is 24.4 Å². The van der Waals surface area contributed by atoms with Gasteiger partial charge in [-0.2, -0.15) is 0 Å². The number of nitrogens with zero attached hydrogens (tertiary/aromatic N) is 1. The Morgan fingerprint density at radius 3 is 2.57 bits per heavy atom. The summed E-state index contributed by atoms with van der Waals surface area (Å²) in [5.74, 6) is 1.03. The summed E-state index contributed by atoms with van der Waals surface area (Å²) in [5, 5.41) is 23.8. The predicted octanol–water partition coefficient (Wildman–Crippen LogP) is 1.53. The predicted molar refractivity (Wildman–Crippen MR) is 111 cm³/mol. The van der Waals surface area contributed by atoms with Gasteiger partial charge in [0.25, 0.3) is 0 Å². The largest absolute Gasteiger partial charge is 0.392 e. The fourth-order valence-electron chi connectivity index (χ4n) is 10.7. The van der Waals surface area contributed by atoms with E-state index in [4.69, 9.17) is 14.2 Å². The van der Waals surface area contributed by atoms with Crippen molar-refractivity contribution in [1.29, 1.82) is 0 Å². The van der Waals surface area contributed by atoms with Crippen molar-refractivity contribution < 1.29 is 24.4 Å². The van der Waals surface area contributed by atoms with E-state index in [1.54, 1.807) is 7.11 Å². The molecule has 0 radical (unpaired) electrons. The Morgan fingerprint density at radius 1 is 1.10 bits per heavy atom. The molecule has 2 N–H and O–H groups in total. The van der Waals surface area contributed by atoms with Gasteiger partial charge in [-0.1, -0.05) is 6.92 Å². The quantitative estimate of drug-likeness (QED) is 0.702. The fraction of sp³-hybridized carbons (Fsp3) is 1.00. The third kappa shape index (κ3) is 2.00. The Balaban J connectivity index is 1.58. The average molecular weight is 422 g/mol. The molecule has 0 aromatic rings. The van der Waals surface area contributed by atoms with Gasteiger partial charge in [-0.15, -0.1) is 0 Å². The van der Waals surface area contributed by atoms with Crippen LogP contribution in [0.1, 0.15) is 39.0 Å². The molecule has 12 atom stereocenters. The van der Waals surface area contributed by atoms with Crippen molar-refractivity contribution in [2.24, 2.45) is 40.4 Å². The zero-order chi connectivity index (χ0) is 21.1. The first-order valence-electron chi connectivity index (χ1n) is 12.1. The zero-order valence-corrected chi connectivity index (χ0v) is 18.9. The Bertz CT molecular complexity index is 720. The van der Waals surface area contributed by atoms with Gasteiger partial charge in [0, 0.05) is 68.9 Å². The summed E-state index contributed by atoms with van der Waals surface area (Å²) in [5.41, 5.74) is -0.719. The molecule has 6 nitrogen and oxygen atoms in total. The van der Waals surface area contributed by atoms with E-state index in [-0.39, 0.29) is 46.7 Å². The van der Waals surface area contributed by atoms with Crippen LogP contribution >= 0.6 is 0 Å². The minimum atomic E-state index is -0.847. The SMILES string of the molecule is CCN1C[C@]2(COC)CC[C@H](OC)[C@@]34[C@@H]5C[C@H]6[C@H](O)[C@@H]5[C@](O)(C[C@@H]6OC)[C@@H](C[C@H]23)[C@H]14. The standard InChI is InChI=1S/C24H39NO5/c1-5-25-11-22(12-28-2)7-6-18(30-4)24-14-8-13-16(29-3)10-23(27,19(14)20(13)26)15(21(24)25)9-17(22)24/h13-21,26-27H,5-12H2,1-4H3/t13-,14-,15+,16+,17-,18+,19-,20+,21+,22+,23+,24-/m1/s1. The van der Waals surface area contributed by atoms with Gasteiger partial charge in [0.15, 0.2) is 0 Å². The van der Waals surface area contributed by atoms with Crippen LogP contribution in [-0.4, -0.2) is 86.1 Å². The number of hydrogen-bond donors (Lipinski definition) is 2. The van der Waals surface area contributed by atoms with Crippen molar-refractivity contribution in [3.05, 3.63) is 0 Å². The second-order valence-corrected chi connectivity index (χ2v) is 11.5. The number of methoxy groups -OCH3 is 3. The molecule has 30 heavy (non-hydrogen) atoms. The van der Waals surface area contributed by atoms with Gasteiger partial charge in [0.1, 0.15) is 0 Å². The Kier molecular flexibility index (Phi) is 4.36. The molecular formula is C24H39NO5. The van der Waals surface area contributed by atoms with Crippen molar-refractivity contribution in [3.8, 4) is 0 Å². The number of aliphatic hydroxyl groups is 2. The third-order valence-electron chi connectivity index (χ3n) is 11.2. The Hall–Kier alpha value is -0.240. The van der Waals surface area contributed by atoms with Gasteiger partial charge in [0.05, 0.1) is 30.5 Å². The summed E-state index contributed by atoms with van der Waals surface area (Å²) in [6.45, 7) is 5.11. The maximum Gasteiger partial charge on any atom is 0.0771 e. The average Bonchev–Trinajstić information content (AvgIpc) is 3.15. The number of ether oxygens (including phenoxy) is 3. The van der Waals surface area contributed by atoms with Crippen LogP contribution in [0, 0.1) is 40.4 Å². The van der Waals surface area contributed by atoms with Gasteiger partial charge in [0.2, 0.25) is 0 Å². The number of rotatable bonds is 5. The molecular weight excluding hydrogens is 382 g/mol. The van der Waals surface area contributed by atoms with Gasteiger partial charge in [-0.05, 0) is 44.1 Å². The second kappa shape index (κ2) is 6.42. The number of aliphatic hydroxyl groups excluding tert-OH is 1. The summed E-state index contributed by atoms with van der Waals surface area (Å²) in [6.07, 6.45) is 4.52. The van der Waals surface area contributed by atoms with E-state index in [0.29, 0.717) is 18.4 Å². The highest BCUT2D eigenvalue weighted by Crippen LogP contribution is 2.79. The van der Waals surface area contributed by atoms with E-state index in [9.17, 15) is 10.2 Å². The number of hydrogen-bond acceptors (Lipinski definition) is 6. The molecule has 6 rings (SSSR count). The van der Waals surface area contributed by atoms with E-state index in [2.05, 4.69) is 11.8 Å². The molecule has 1 saturated heterocycles. The number of piperidine rings is 1. The first kappa shape index (κ1) is 20.4. The molecule has 6 heteroatoms. The first-order chi connectivity index (χ1) is 14.4. The first-order valence-corrected chi connectivity index (χ1v) is 12.1. The molecule has 0 unspecified atom stereocenters.